The van der Waals surface area contributed by atoms with Crippen molar-refractivity contribution in [3.63, 3.8) is 0 Å². The maximum Gasteiger partial charge on any atom is 0.0502 e. The van der Waals surface area contributed by atoms with Gasteiger partial charge in [-0.2, -0.15) is 0 Å². The van der Waals surface area contributed by atoms with Gasteiger partial charge in [-0.25, -0.2) is 0 Å². The zero-order valence-electron chi connectivity index (χ0n) is 11.2. The minimum absolute atomic E-state index is 0.367. The third-order valence-electron chi connectivity index (χ3n) is 3.19. The SMILES string of the molecule is COCCc1ccc(C(Br)Cc2ccccc2)cc1. The lowest BCUT2D eigenvalue weighted by Crippen LogP contribution is -1.97. The minimum Gasteiger partial charge on any atom is -0.384 e. The standard InChI is InChI=1S/C17H19BrO/c1-19-12-11-14-7-9-16(10-8-14)17(18)13-15-5-3-2-4-6-15/h2-10,17H,11-13H2,1H3. The van der Waals surface area contributed by atoms with Crippen LogP contribution in [0.15, 0.2) is 54.6 Å². The summed E-state index contributed by atoms with van der Waals surface area (Å²) in [5.74, 6) is 0. The number of benzene rings is 2. The van der Waals surface area contributed by atoms with Crippen LogP contribution in [0.4, 0.5) is 0 Å². The van der Waals surface area contributed by atoms with Gasteiger partial charge in [0.25, 0.3) is 0 Å². The molecule has 0 heterocycles. The molecule has 0 bridgehead atoms. The van der Waals surface area contributed by atoms with Gasteiger partial charge in [-0.15, -0.1) is 0 Å². The molecule has 0 fully saturated rings. The summed E-state index contributed by atoms with van der Waals surface area (Å²) in [7, 11) is 1.74. The second-order valence-electron chi connectivity index (χ2n) is 4.64. The van der Waals surface area contributed by atoms with E-state index in [9.17, 15) is 0 Å². The van der Waals surface area contributed by atoms with Crippen LogP contribution in [-0.2, 0) is 17.6 Å². The van der Waals surface area contributed by atoms with Crippen molar-refractivity contribution in [3.05, 3.63) is 71.3 Å². The molecule has 0 aliphatic heterocycles. The van der Waals surface area contributed by atoms with E-state index in [2.05, 4.69) is 70.5 Å². The number of alkyl halides is 1. The monoisotopic (exact) mass is 318 g/mol. The van der Waals surface area contributed by atoms with Gasteiger partial charge in [-0.05, 0) is 29.5 Å². The third-order valence-corrected chi connectivity index (χ3v) is 4.05. The molecule has 0 radical (unpaired) electrons. The van der Waals surface area contributed by atoms with Gasteiger partial charge >= 0.3 is 0 Å². The molecule has 2 aromatic carbocycles. The Balaban J connectivity index is 1.97. The normalized spacial score (nSPS) is 12.3. The Morgan fingerprint density at radius 3 is 2.26 bits per heavy atom. The van der Waals surface area contributed by atoms with Crippen molar-refractivity contribution in [1.82, 2.24) is 0 Å². The van der Waals surface area contributed by atoms with Crippen LogP contribution in [0, 0.1) is 0 Å². The minimum atomic E-state index is 0.367. The number of ether oxygens (including phenoxy) is 1. The van der Waals surface area contributed by atoms with Crippen molar-refractivity contribution in [2.45, 2.75) is 17.7 Å². The predicted molar refractivity (Wildman–Crippen MR) is 83.8 cm³/mol. The van der Waals surface area contributed by atoms with Gasteiger partial charge in [0.15, 0.2) is 0 Å². The fourth-order valence-corrected chi connectivity index (χ4v) is 2.73. The Bertz CT molecular complexity index is 478. The second kappa shape index (κ2) is 7.46. The maximum atomic E-state index is 5.09. The Morgan fingerprint density at radius 1 is 0.947 bits per heavy atom. The molecule has 1 unspecified atom stereocenters. The Morgan fingerprint density at radius 2 is 1.63 bits per heavy atom. The van der Waals surface area contributed by atoms with Crippen molar-refractivity contribution in [1.29, 1.82) is 0 Å². The van der Waals surface area contributed by atoms with Crippen molar-refractivity contribution < 1.29 is 4.74 Å². The fraction of sp³-hybridized carbons (Fsp3) is 0.294. The van der Waals surface area contributed by atoms with Gasteiger partial charge in [0.1, 0.15) is 0 Å². The average Bonchev–Trinajstić information content (AvgIpc) is 2.46. The molecule has 0 saturated heterocycles. The van der Waals surface area contributed by atoms with E-state index in [1.165, 1.54) is 16.7 Å². The van der Waals surface area contributed by atoms with E-state index >= 15 is 0 Å². The summed E-state index contributed by atoms with van der Waals surface area (Å²) < 4.78 is 5.09. The Kier molecular flexibility index (Phi) is 5.62. The van der Waals surface area contributed by atoms with E-state index in [0.717, 1.165) is 19.4 Å². The van der Waals surface area contributed by atoms with E-state index in [4.69, 9.17) is 4.74 Å². The van der Waals surface area contributed by atoms with Crippen LogP contribution in [0.25, 0.3) is 0 Å². The van der Waals surface area contributed by atoms with E-state index in [0.29, 0.717) is 4.83 Å². The third kappa shape index (κ3) is 4.48. The molecule has 0 aliphatic rings. The zero-order valence-corrected chi connectivity index (χ0v) is 12.8. The largest absolute Gasteiger partial charge is 0.384 e. The molecule has 1 atom stereocenters. The van der Waals surface area contributed by atoms with Crippen molar-refractivity contribution >= 4 is 15.9 Å². The van der Waals surface area contributed by atoms with Crippen molar-refractivity contribution in [2.75, 3.05) is 13.7 Å². The molecule has 2 rings (SSSR count). The molecule has 100 valence electrons. The second-order valence-corrected chi connectivity index (χ2v) is 5.75. The first-order chi connectivity index (χ1) is 9.29. The van der Waals surface area contributed by atoms with Gasteiger partial charge in [-0.1, -0.05) is 70.5 Å². The topological polar surface area (TPSA) is 9.23 Å². The van der Waals surface area contributed by atoms with Crippen LogP contribution in [0.5, 0.6) is 0 Å². The highest BCUT2D eigenvalue weighted by Crippen LogP contribution is 2.27. The summed E-state index contributed by atoms with van der Waals surface area (Å²) in [5, 5.41) is 0. The quantitative estimate of drug-likeness (QED) is 0.710. The fourth-order valence-electron chi connectivity index (χ4n) is 2.05. The van der Waals surface area contributed by atoms with Gasteiger partial charge in [0.05, 0.1) is 6.61 Å². The number of halogens is 1. The molecule has 0 aliphatic carbocycles. The summed E-state index contributed by atoms with van der Waals surface area (Å²) in [4.78, 5) is 0.367. The molecule has 0 amide bonds. The molecule has 19 heavy (non-hydrogen) atoms. The highest BCUT2D eigenvalue weighted by molar-refractivity contribution is 9.09. The van der Waals surface area contributed by atoms with E-state index in [-0.39, 0.29) is 0 Å². The van der Waals surface area contributed by atoms with Crippen molar-refractivity contribution in [2.24, 2.45) is 0 Å². The van der Waals surface area contributed by atoms with Crippen LogP contribution in [-0.4, -0.2) is 13.7 Å². The number of hydrogen-bond acceptors (Lipinski definition) is 1. The molecule has 0 spiro atoms. The smallest absolute Gasteiger partial charge is 0.0502 e. The highest BCUT2D eigenvalue weighted by Gasteiger charge is 2.08. The van der Waals surface area contributed by atoms with Gasteiger partial charge < -0.3 is 4.74 Å². The molecule has 0 saturated carbocycles. The van der Waals surface area contributed by atoms with Crippen LogP contribution in [0.2, 0.25) is 0 Å². The lowest BCUT2D eigenvalue weighted by atomic mass is 10.0. The van der Waals surface area contributed by atoms with Crippen LogP contribution in [0.1, 0.15) is 21.5 Å². The molecular weight excluding hydrogens is 300 g/mol. The van der Waals surface area contributed by atoms with Gasteiger partial charge in [-0.3, -0.25) is 0 Å². The first-order valence-electron chi connectivity index (χ1n) is 6.55. The molecule has 2 heteroatoms. The molecule has 0 aromatic heterocycles. The number of methoxy groups -OCH3 is 1. The molecular formula is C17H19BrO. The first kappa shape index (κ1) is 14.3. The lowest BCUT2D eigenvalue weighted by Gasteiger charge is -2.11. The highest BCUT2D eigenvalue weighted by atomic mass is 79.9. The Labute approximate surface area is 123 Å². The van der Waals surface area contributed by atoms with Crippen LogP contribution in [0.3, 0.4) is 0 Å². The molecule has 0 N–H and O–H groups in total. The summed E-state index contributed by atoms with van der Waals surface area (Å²) in [6.07, 6.45) is 1.99. The number of rotatable bonds is 6. The summed E-state index contributed by atoms with van der Waals surface area (Å²) in [5.41, 5.74) is 4.00. The van der Waals surface area contributed by atoms with E-state index < -0.39 is 0 Å². The molecule has 2 aromatic rings. The lowest BCUT2D eigenvalue weighted by molar-refractivity contribution is 0.202. The summed E-state index contributed by atoms with van der Waals surface area (Å²) >= 11 is 3.78. The first-order valence-corrected chi connectivity index (χ1v) is 7.47. The number of hydrogen-bond donors (Lipinski definition) is 0. The van der Waals surface area contributed by atoms with Gasteiger partial charge in [0.2, 0.25) is 0 Å². The van der Waals surface area contributed by atoms with E-state index in [1.54, 1.807) is 7.11 Å². The van der Waals surface area contributed by atoms with E-state index in [1.807, 2.05) is 0 Å². The average molecular weight is 319 g/mol. The molecule has 1 nitrogen and oxygen atoms in total. The summed E-state index contributed by atoms with van der Waals surface area (Å²) in [6, 6.07) is 19.3. The van der Waals surface area contributed by atoms with Crippen LogP contribution >= 0.6 is 15.9 Å². The predicted octanol–water partition coefficient (Wildman–Crippen LogP) is 4.55. The van der Waals surface area contributed by atoms with Gasteiger partial charge in [0, 0.05) is 11.9 Å². The zero-order chi connectivity index (χ0) is 13.5. The van der Waals surface area contributed by atoms with Crippen molar-refractivity contribution in [3.8, 4) is 0 Å². The Hall–Kier alpha value is -1.12. The van der Waals surface area contributed by atoms with Crippen LogP contribution < -0.4 is 0 Å². The summed E-state index contributed by atoms with van der Waals surface area (Å²) in [6.45, 7) is 0.779. The maximum absolute atomic E-state index is 5.09.